The highest BCUT2D eigenvalue weighted by Gasteiger charge is 2.22. The number of piperidine rings is 1. The summed E-state index contributed by atoms with van der Waals surface area (Å²) in [5.41, 5.74) is 2.87. The highest BCUT2D eigenvalue weighted by molar-refractivity contribution is 7.15. The van der Waals surface area contributed by atoms with Crippen LogP contribution in [0.1, 0.15) is 43.2 Å². The summed E-state index contributed by atoms with van der Waals surface area (Å²) in [5.74, 6) is -0.593. The Hall–Kier alpha value is -2.61. The lowest BCUT2D eigenvalue weighted by Crippen LogP contribution is -2.34. The molecule has 0 spiro atoms. The van der Waals surface area contributed by atoms with Crippen molar-refractivity contribution in [1.29, 1.82) is 0 Å². The van der Waals surface area contributed by atoms with E-state index in [1.165, 1.54) is 30.9 Å². The Morgan fingerprint density at radius 2 is 2.09 bits per heavy atom. The standard InChI is InChI=1S/C27H31F2N3OS/c1-17-7-9-32(10-8-17)19(3)25-5-6-26(34-25)20-12-23-24(15-31-27(23)30-14-20)18(2)11-21(28)13-22(29)16-33-4/h5-6,11-15,17,19H,2,7-10,16H2,1,3-4H3,(H,30,31)/b21-11+,22-13+. The fourth-order valence-electron chi connectivity index (χ4n) is 4.35. The van der Waals surface area contributed by atoms with Crippen LogP contribution in [0.15, 0.2) is 61.0 Å². The van der Waals surface area contributed by atoms with Gasteiger partial charge in [0, 0.05) is 57.9 Å². The normalized spacial score (nSPS) is 17.4. The molecule has 3 aromatic rings. The highest BCUT2D eigenvalue weighted by atomic mass is 32.1. The number of aromatic nitrogens is 2. The number of methoxy groups -OCH3 is 1. The molecule has 0 aliphatic carbocycles. The fourth-order valence-corrected chi connectivity index (χ4v) is 5.42. The summed E-state index contributed by atoms with van der Waals surface area (Å²) < 4.78 is 32.4. The number of fused-ring (bicyclic) bond motifs is 1. The minimum atomic E-state index is -0.720. The number of likely N-dealkylation sites (tertiary alicyclic amines) is 1. The first-order valence-corrected chi connectivity index (χ1v) is 12.4. The van der Waals surface area contributed by atoms with Crippen LogP contribution in [0.2, 0.25) is 0 Å². The molecule has 1 N–H and O–H groups in total. The molecule has 180 valence electrons. The van der Waals surface area contributed by atoms with Crippen LogP contribution in [0, 0.1) is 5.92 Å². The Bertz CT molecular complexity index is 1220. The number of thiophene rings is 1. The molecule has 4 heterocycles. The molecule has 3 aromatic heterocycles. The van der Waals surface area contributed by atoms with Gasteiger partial charge in [0.2, 0.25) is 0 Å². The minimum absolute atomic E-state index is 0.271. The van der Waals surface area contributed by atoms with Gasteiger partial charge in [-0.2, -0.15) is 0 Å². The van der Waals surface area contributed by atoms with Gasteiger partial charge in [0.25, 0.3) is 0 Å². The van der Waals surface area contributed by atoms with Gasteiger partial charge in [-0.1, -0.05) is 13.5 Å². The van der Waals surface area contributed by atoms with Crippen molar-refractivity contribution < 1.29 is 13.5 Å². The summed E-state index contributed by atoms with van der Waals surface area (Å²) in [7, 11) is 1.36. The third-order valence-corrected chi connectivity index (χ3v) is 7.76. The molecule has 0 saturated carbocycles. The van der Waals surface area contributed by atoms with Crippen LogP contribution in [0.4, 0.5) is 8.78 Å². The molecule has 4 nitrogen and oxygen atoms in total. The summed E-state index contributed by atoms with van der Waals surface area (Å²) in [6.45, 7) is 10.6. The number of hydrogen-bond acceptors (Lipinski definition) is 4. The van der Waals surface area contributed by atoms with Crippen LogP contribution >= 0.6 is 11.3 Å². The van der Waals surface area contributed by atoms with Gasteiger partial charge in [-0.15, -0.1) is 11.3 Å². The van der Waals surface area contributed by atoms with Crippen molar-refractivity contribution in [3.05, 3.63) is 71.4 Å². The van der Waals surface area contributed by atoms with Crippen molar-refractivity contribution in [2.75, 3.05) is 26.8 Å². The summed E-state index contributed by atoms with van der Waals surface area (Å²) >= 11 is 1.79. The van der Waals surface area contributed by atoms with Crippen molar-refractivity contribution in [1.82, 2.24) is 14.9 Å². The van der Waals surface area contributed by atoms with E-state index in [2.05, 4.69) is 58.2 Å². The second-order valence-corrected chi connectivity index (χ2v) is 10.1. The quantitative estimate of drug-likeness (QED) is 0.338. The lowest BCUT2D eigenvalue weighted by molar-refractivity contribution is 0.149. The lowest BCUT2D eigenvalue weighted by Gasteiger charge is -2.34. The van der Waals surface area contributed by atoms with E-state index in [9.17, 15) is 8.78 Å². The first kappa shape index (κ1) is 24.5. The summed E-state index contributed by atoms with van der Waals surface area (Å²) in [6, 6.07) is 6.80. The lowest BCUT2D eigenvalue weighted by atomic mass is 9.98. The van der Waals surface area contributed by atoms with E-state index in [0.717, 1.165) is 46.5 Å². The summed E-state index contributed by atoms with van der Waals surface area (Å²) in [4.78, 5) is 12.7. The number of nitrogens with zero attached hydrogens (tertiary/aromatic N) is 2. The molecule has 0 aromatic carbocycles. The summed E-state index contributed by atoms with van der Waals surface area (Å²) in [5, 5.41) is 0.848. The molecular weight excluding hydrogens is 452 g/mol. The van der Waals surface area contributed by atoms with Crippen LogP contribution < -0.4 is 0 Å². The maximum absolute atomic E-state index is 14.2. The molecule has 0 radical (unpaired) electrons. The molecule has 1 unspecified atom stereocenters. The Balaban J connectivity index is 1.56. The number of H-pyrrole nitrogens is 1. The first-order valence-electron chi connectivity index (χ1n) is 11.6. The van der Waals surface area contributed by atoms with Crippen LogP contribution in [0.5, 0.6) is 0 Å². The zero-order valence-electron chi connectivity index (χ0n) is 19.9. The van der Waals surface area contributed by atoms with Gasteiger partial charge in [0.15, 0.2) is 0 Å². The van der Waals surface area contributed by atoms with Crippen LogP contribution in [0.3, 0.4) is 0 Å². The second-order valence-electron chi connectivity index (χ2n) is 9.00. The third kappa shape index (κ3) is 5.54. The number of aromatic amines is 1. The Labute approximate surface area is 203 Å². The smallest absolute Gasteiger partial charge is 0.137 e. The molecule has 1 aliphatic heterocycles. The largest absolute Gasteiger partial charge is 0.378 e. The molecule has 0 bridgehead atoms. The maximum Gasteiger partial charge on any atom is 0.137 e. The Kier molecular flexibility index (Phi) is 7.76. The van der Waals surface area contributed by atoms with Crippen molar-refractivity contribution in [2.24, 2.45) is 5.92 Å². The predicted molar refractivity (Wildman–Crippen MR) is 137 cm³/mol. The number of rotatable bonds is 8. The first-order chi connectivity index (χ1) is 16.4. The zero-order chi connectivity index (χ0) is 24.2. The van der Waals surface area contributed by atoms with Crippen molar-refractivity contribution in [3.63, 3.8) is 0 Å². The molecule has 4 rings (SSSR count). The topological polar surface area (TPSA) is 41.1 Å². The Morgan fingerprint density at radius 3 is 2.82 bits per heavy atom. The zero-order valence-corrected chi connectivity index (χ0v) is 20.7. The SMILES string of the molecule is C=C(/C=C(F)\C=C(\F)COC)c1c[nH]c2ncc(-c3ccc(C(C)N4CCC(C)CC4)s3)cc12. The molecule has 7 heteroatoms. The third-order valence-electron chi connectivity index (χ3n) is 6.45. The van der Waals surface area contributed by atoms with Gasteiger partial charge in [0.05, 0.1) is 6.61 Å². The Morgan fingerprint density at radius 1 is 1.32 bits per heavy atom. The van der Waals surface area contributed by atoms with Crippen LogP contribution in [-0.2, 0) is 4.74 Å². The monoisotopic (exact) mass is 483 g/mol. The van der Waals surface area contributed by atoms with Gasteiger partial charge in [-0.25, -0.2) is 13.8 Å². The van der Waals surface area contributed by atoms with E-state index >= 15 is 0 Å². The molecule has 1 saturated heterocycles. The second kappa shape index (κ2) is 10.8. The molecule has 0 amide bonds. The molecule has 34 heavy (non-hydrogen) atoms. The van der Waals surface area contributed by atoms with E-state index in [0.29, 0.717) is 17.3 Å². The van der Waals surface area contributed by atoms with E-state index in [1.54, 1.807) is 17.5 Å². The maximum atomic E-state index is 14.2. The van der Waals surface area contributed by atoms with Gasteiger partial charge in [-0.05, 0) is 68.6 Å². The number of ether oxygens (including phenoxy) is 1. The molecular formula is C27H31F2N3OS. The van der Waals surface area contributed by atoms with E-state index in [1.807, 2.05) is 6.20 Å². The average molecular weight is 484 g/mol. The van der Waals surface area contributed by atoms with Crippen molar-refractivity contribution in [2.45, 2.75) is 32.7 Å². The van der Waals surface area contributed by atoms with Gasteiger partial charge < -0.3 is 9.72 Å². The highest BCUT2D eigenvalue weighted by Crippen LogP contribution is 2.36. The van der Waals surface area contributed by atoms with E-state index < -0.39 is 11.7 Å². The molecule has 1 fully saturated rings. The van der Waals surface area contributed by atoms with Crippen LogP contribution in [0.25, 0.3) is 27.0 Å². The van der Waals surface area contributed by atoms with Crippen molar-refractivity contribution >= 4 is 27.9 Å². The van der Waals surface area contributed by atoms with Gasteiger partial charge >= 0.3 is 0 Å². The average Bonchev–Trinajstić information content (AvgIpc) is 3.46. The van der Waals surface area contributed by atoms with Crippen molar-refractivity contribution in [3.8, 4) is 10.4 Å². The number of pyridine rings is 1. The molecule has 1 atom stereocenters. The fraction of sp³-hybridized carbons (Fsp3) is 0.370. The van der Waals surface area contributed by atoms with Gasteiger partial charge in [0.1, 0.15) is 17.3 Å². The number of hydrogen-bond donors (Lipinski definition) is 1. The number of nitrogens with one attached hydrogen (secondary N) is 1. The summed E-state index contributed by atoms with van der Waals surface area (Å²) in [6.07, 6.45) is 8.15. The van der Waals surface area contributed by atoms with E-state index in [-0.39, 0.29) is 6.61 Å². The van der Waals surface area contributed by atoms with Crippen LogP contribution in [-0.4, -0.2) is 41.7 Å². The number of allylic oxidation sites excluding steroid dienone is 4. The van der Waals surface area contributed by atoms with Gasteiger partial charge in [-0.3, -0.25) is 4.90 Å². The minimum Gasteiger partial charge on any atom is -0.378 e. The van der Waals surface area contributed by atoms with E-state index in [4.69, 9.17) is 0 Å². The molecule has 1 aliphatic rings. The number of halogens is 2. The predicted octanol–water partition coefficient (Wildman–Crippen LogP) is 7.45.